The van der Waals surface area contributed by atoms with Crippen LogP contribution in [0.25, 0.3) is 10.9 Å². The Morgan fingerprint density at radius 3 is 2.78 bits per heavy atom. The molecule has 0 saturated carbocycles. The van der Waals surface area contributed by atoms with E-state index in [1.807, 2.05) is 31.2 Å². The first-order chi connectivity index (χ1) is 8.59. The van der Waals surface area contributed by atoms with Gasteiger partial charge in [-0.1, -0.05) is 18.2 Å². The first-order valence-corrected chi connectivity index (χ1v) is 5.90. The molecule has 1 aromatic carbocycles. The van der Waals surface area contributed by atoms with E-state index in [1.54, 1.807) is 10.6 Å². The second-order valence-corrected chi connectivity index (χ2v) is 4.33. The van der Waals surface area contributed by atoms with E-state index in [1.165, 1.54) is 0 Å². The van der Waals surface area contributed by atoms with Crippen molar-refractivity contribution < 1.29 is 9.90 Å². The number of benzene rings is 1. The fourth-order valence-corrected chi connectivity index (χ4v) is 2.12. The Morgan fingerprint density at radius 1 is 1.33 bits per heavy atom. The van der Waals surface area contributed by atoms with Crippen molar-refractivity contribution in [2.24, 2.45) is 0 Å². The molecule has 4 nitrogen and oxygen atoms in total. The molecule has 0 aliphatic heterocycles. The van der Waals surface area contributed by atoms with E-state index in [0.29, 0.717) is 13.0 Å². The van der Waals surface area contributed by atoms with E-state index in [9.17, 15) is 9.59 Å². The second kappa shape index (κ2) is 5.04. The number of nitrogens with zero attached hydrogens (tertiary/aromatic N) is 1. The molecule has 94 valence electrons. The molecule has 2 rings (SSSR count). The number of hydrogen-bond acceptors (Lipinski definition) is 2. The van der Waals surface area contributed by atoms with Gasteiger partial charge < -0.3 is 9.67 Å². The molecule has 2 aromatic rings. The van der Waals surface area contributed by atoms with Gasteiger partial charge in [0.2, 0.25) is 0 Å². The highest BCUT2D eigenvalue weighted by Gasteiger charge is 2.06. The van der Waals surface area contributed by atoms with Crippen LogP contribution in [0.1, 0.15) is 18.4 Å². The first-order valence-electron chi connectivity index (χ1n) is 5.90. The van der Waals surface area contributed by atoms with Crippen LogP contribution in [-0.4, -0.2) is 15.6 Å². The molecule has 1 aromatic heterocycles. The van der Waals surface area contributed by atoms with E-state index >= 15 is 0 Å². The number of aliphatic carboxylic acids is 1. The number of pyridine rings is 1. The second-order valence-electron chi connectivity index (χ2n) is 4.33. The highest BCUT2D eigenvalue weighted by atomic mass is 16.4. The number of hydrogen-bond donors (Lipinski definition) is 1. The van der Waals surface area contributed by atoms with Crippen LogP contribution in [0.4, 0.5) is 0 Å². The molecule has 4 heteroatoms. The van der Waals surface area contributed by atoms with Gasteiger partial charge in [0.1, 0.15) is 0 Å². The number of para-hydroxylation sites is 1. The SMILES string of the molecule is Cc1cc(=O)n(CCCC(=O)O)c2ccccc12. The van der Waals surface area contributed by atoms with Crippen molar-refractivity contribution in [1.82, 2.24) is 4.57 Å². The molecule has 0 fully saturated rings. The summed E-state index contributed by atoms with van der Waals surface area (Å²) >= 11 is 0. The summed E-state index contributed by atoms with van der Waals surface area (Å²) in [5.41, 5.74) is 1.74. The van der Waals surface area contributed by atoms with Gasteiger partial charge in [0.05, 0.1) is 5.52 Å². The maximum atomic E-state index is 11.9. The molecular formula is C14H15NO3. The molecule has 0 atom stereocenters. The summed E-state index contributed by atoms with van der Waals surface area (Å²) in [5, 5.41) is 9.67. The molecule has 0 saturated heterocycles. The molecule has 1 heterocycles. The first kappa shape index (κ1) is 12.4. The molecule has 0 aliphatic rings. The van der Waals surface area contributed by atoms with Crippen LogP contribution in [0.2, 0.25) is 0 Å². The van der Waals surface area contributed by atoms with E-state index in [-0.39, 0.29) is 12.0 Å². The van der Waals surface area contributed by atoms with Crippen LogP contribution in [0.15, 0.2) is 35.1 Å². The van der Waals surface area contributed by atoms with Crippen molar-refractivity contribution in [2.45, 2.75) is 26.3 Å². The average molecular weight is 245 g/mol. The maximum Gasteiger partial charge on any atom is 0.303 e. The largest absolute Gasteiger partial charge is 0.481 e. The molecule has 0 amide bonds. The van der Waals surface area contributed by atoms with Gasteiger partial charge in [0.25, 0.3) is 5.56 Å². The molecule has 0 aliphatic carbocycles. The highest BCUT2D eigenvalue weighted by molar-refractivity contribution is 5.82. The number of fused-ring (bicyclic) bond motifs is 1. The number of carboxylic acid groups (broad SMARTS) is 1. The zero-order chi connectivity index (χ0) is 13.1. The summed E-state index contributed by atoms with van der Waals surface area (Å²) in [7, 11) is 0. The predicted octanol–water partition coefficient (Wildman–Crippen LogP) is 2.17. The Morgan fingerprint density at radius 2 is 2.06 bits per heavy atom. The molecular weight excluding hydrogens is 230 g/mol. The van der Waals surface area contributed by atoms with Gasteiger partial charge in [-0.2, -0.15) is 0 Å². The molecule has 0 unspecified atom stereocenters. The fraction of sp³-hybridized carbons (Fsp3) is 0.286. The third-order valence-corrected chi connectivity index (χ3v) is 3.00. The van der Waals surface area contributed by atoms with Gasteiger partial charge >= 0.3 is 5.97 Å². The summed E-state index contributed by atoms with van der Waals surface area (Å²) in [6.45, 7) is 2.34. The number of aryl methyl sites for hydroxylation is 2. The van der Waals surface area contributed by atoms with Gasteiger partial charge in [-0.05, 0) is 25.0 Å². The molecule has 1 N–H and O–H groups in total. The third kappa shape index (κ3) is 2.42. The van der Waals surface area contributed by atoms with Gasteiger partial charge in [0.15, 0.2) is 0 Å². The van der Waals surface area contributed by atoms with Crippen LogP contribution < -0.4 is 5.56 Å². The zero-order valence-corrected chi connectivity index (χ0v) is 10.2. The lowest BCUT2D eigenvalue weighted by Crippen LogP contribution is -2.20. The van der Waals surface area contributed by atoms with Crippen LogP contribution in [0.5, 0.6) is 0 Å². The van der Waals surface area contributed by atoms with Crippen molar-refractivity contribution in [3.63, 3.8) is 0 Å². The Bertz CT molecular complexity index is 643. The Labute approximate surface area is 104 Å². The summed E-state index contributed by atoms with van der Waals surface area (Å²) in [4.78, 5) is 22.5. The van der Waals surface area contributed by atoms with E-state index in [4.69, 9.17) is 5.11 Å². The number of aromatic nitrogens is 1. The van der Waals surface area contributed by atoms with Crippen molar-refractivity contribution in [3.8, 4) is 0 Å². The monoisotopic (exact) mass is 245 g/mol. The van der Waals surface area contributed by atoms with Crippen molar-refractivity contribution in [1.29, 1.82) is 0 Å². The lowest BCUT2D eigenvalue weighted by atomic mass is 10.1. The Hall–Kier alpha value is -2.10. The summed E-state index contributed by atoms with van der Waals surface area (Å²) in [5.74, 6) is -0.834. The van der Waals surface area contributed by atoms with Crippen LogP contribution >= 0.6 is 0 Å². The minimum atomic E-state index is -0.834. The van der Waals surface area contributed by atoms with Crippen LogP contribution in [0.3, 0.4) is 0 Å². The highest BCUT2D eigenvalue weighted by Crippen LogP contribution is 2.16. The lowest BCUT2D eigenvalue weighted by molar-refractivity contribution is -0.137. The smallest absolute Gasteiger partial charge is 0.303 e. The minimum Gasteiger partial charge on any atom is -0.481 e. The molecule has 18 heavy (non-hydrogen) atoms. The molecule has 0 spiro atoms. The van der Waals surface area contributed by atoms with Crippen LogP contribution in [-0.2, 0) is 11.3 Å². The standard InChI is InChI=1S/C14H15NO3/c1-10-9-13(16)15(8-4-7-14(17)18)12-6-3-2-5-11(10)12/h2-3,5-6,9H,4,7-8H2,1H3,(H,17,18). The third-order valence-electron chi connectivity index (χ3n) is 3.00. The van der Waals surface area contributed by atoms with Gasteiger partial charge in [0, 0.05) is 24.4 Å². The van der Waals surface area contributed by atoms with Gasteiger partial charge in [-0.3, -0.25) is 9.59 Å². The van der Waals surface area contributed by atoms with Crippen molar-refractivity contribution in [2.75, 3.05) is 0 Å². The summed E-state index contributed by atoms with van der Waals surface area (Å²) < 4.78 is 1.64. The summed E-state index contributed by atoms with van der Waals surface area (Å²) in [6.07, 6.45) is 0.539. The molecule has 0 radical (unpaired) electrons. The maximum absolute atomic E-state index is 11.9. The average Bonchev–Trinajstić information content (AvgIpc) is 2.33. The predicted molar refractivity (Wildman–Crippen MR) is 69.8 cm³/mol. The quantitative estimate of drug-likeness (QED) is 0.898. The van der Waals surface area contributed by atoms with Crippen molar-refractivity contribution in [3.05, 3.63) is 46.2 Å². The van der Waals surface area contributed by atoms with E-state index < -0.39 is 5.97 Å². The Kier molecular flexibility index (Phi) is 3.46. The van der Waals surface area contributed by atoms with Crippen LogP contribution in [0, 0.1) is 6.92 Å². The topological polar surface area (TPSA) is 59.3 Å². The van der Waals surface area contributed by atoms with E-state index in [2.05, 4.69) is 0 Å². The van der Waals surface area contributed by atoms with Gasteiger partial charge in [-0.25, -0.2) is 0 Å². The normalized spacial score (nSPS) is 10.7. The van der Waals surface area contributed by atoms with Gasteiger partial charge in [-0.15, -0.1) is 0 Å². The fourth-order valence-electron chi connectivity index (χ4n) is 2.12. The number of rotatable bonds is 4. The summed E-state index contributed by atoms with van der Waals surface area (Å²) in [6, 6.07) is 9.28. The van der Waals surface area contributed by atoms with E-state index in [0.717, 1.165) is 16.5 Å². The molecule has 0 bridgehead atoms. The zero-order valence-electron chi connectivity index (χ0n) is 10.2. The lowest BCUT2D eigenvalue weighted by Gasteiger charge is -2.11. The Balaban J connectivity index is 2.43. The minimum absolute atomic E-state index is 0.0726. The number of carbonyl (C=O) groups is 1. The van der Waals surface area contributed by atoms with Crippen molar-refractivity contribution >= 4 is 16.9 Å². The number of carboxylic acids is 1.